The Hall–Kier alpha value is -7.16. The summed E-state index contributed by atoms with van der Waals surface area (Å²) in [4.78, 5) is 10.4. The van der Waals surface area contributed by atoms with Crippen LogP contribution in [0.15, 0.2) is 206 Å². The Kier molecular flexibility index (Phi) is 7.85. The van der Waals surface area contributed by atoms with Crippen LogP contribution in [0.5, 0.6) is 0 Å². The van der Waals surface area contributed by atoms with Crippen LogP contribution in [-0.4, -0.2) is 9.97 Å². The summed E-state index contributed by atoms with van der Waals surface area (Å²) in [5.41, 5.74) is 13.5. The molecule has 0 aliphatic rings. The first-order valence-corrected chi connectivity index (χ1v) is 18.4. The predicted octanol–water partition coefficient (Wildman–Crippen LogP) is 13.9. The predicted molar refractivity (Wildman–Crippen MR) is 227 cm³/mol. The first-order chi connectivity index (χ1) is 26.8. The van der Waals surface area contributed by atoms with Crippen molar-refractivity contribution in [2.45, 2.75) is 0 Å². The molecule has 0 aliphatic carbocycles. The smallest absolute Gasteiger partial charge is 0.160 e. The summed E-state index contributed by atoms with van der Waals surface area (Å²) in [6, 6.07) is 73.5. The van der Waals surface area contributed by atoms with Gasteiger partial charge in [0.2, 0.25) is 0 Å². The molecule has 54 heavy (non-hydrogen) atoms. The molecule has 0 saturated heterocycles. The number of benzene rings is 9. The second-order valence-electron chi connectivity index (χ2n) is 13.7. The lowest BCUT2D eigenvalue weighted by molar-refractivity contribution is 1.23. The lowest BCUT2D eigenvalue weighted by Crippen LogP contribution is -1.96. The molecule has 0 bridgehead atoms. The molecule has 10 rings (SSSR count). The van der Waals surface area contributed by atoms with Gasteiger partial charge in [0.1, 0.15) is 0 Å². The van der Waals surface area contributed by atoms with Crippen molar-refractivity contribution >= 4 is 32.4 Å². The summed E-state index contributed by atoms with van der Waals surface area (Å²) < 4.78 is 0. The van der Waals surface area contributed by atoms with Crippen molar-refractivity contribution in [1.82, 2.24) is 9.97 Å². The van der Waals surface area contributed by atoms with E-state index in [1.165, 1.54) is 60.7 Å². The number of nitrogens with zero attached hydrogens (tertiary/aromatic N) is 2. The molecule has 252 valence electrons. The van der Waals surface area contributed by atoms with Gasteiger partial charge < -0.3 is 0 Å². The second kappa shape index (κ2) is 13.4. The monoisotopic (exact) mass is 686 g/mol. The van der Waals surface area contributed by atoms with Crippen LogP contribution in [0.2, 0.25) is 0 Å². The molecule has 0 spiro atoms. The standard InChI is InChI=1S/C52H34N2/c1-4-15-35(16-5-1)37-27-29-38(30-28-37)49-43-23-10-11-24-44(43)50(41-22-14-21-40(33-41)36-17-6-2-7-18-36)45-32-31-42(34-47(45)49)52-53-48-26-13-12-25-46(48)51(54-52)39-19-8-3-9-20-39/h1-34H. The zero-order chi connectivity index (χ0) is 35.8. The Balaban J connectivity index is 1.25. The Morgan fingerprint density at radius 2 is 0.704 bits per heavy atom. The average molecular weight is 687 g/mol. The summed E-state index contributed by atoms with van der Waals surface area (Å²) in [6.45, 7) is 0. The van der Waals surface area contributed by atoms with Gasteiger partial charge in [0.15, 0.2) is 5.82 Å². The third-order valence-electron chi connectivity index (χ3n) is 10.5. The van der Waals surface area contributed by atoms with Crippen LogP contribution < -0.4 is 0 Å². The van der Waals surface area contributed by atoms with Crippen LogP contribution in [-0.2, 0) is 0 Å². The maximum absolute atomic E-state index is 5.27. The third-order valence-corrected chi connectivity index (χ3v) is 10.5. The van der Waals surface area contributed by atoms with Crippen molar-refractivity contribution < 1.29 is 0 Å². The van der Waals surface area contributed by atoms with Gasteiger partial charge >= 0.3 is 0 Å². The van der Waals surface area contributed by atoms with Gasteiger partial charge in [-0.05, 0) is 84.3 Å². The van der Waals surface area contributed by atoms with Gasteiger partial charge in [-0.3, -0.25) is 0 Å². The molecule has 1 heterocycles. The summed E-state index contributed by atoms with van der Waals surface area (Å²) in [6.07, 6.45) is 0. The molecule has 1 aromatic heterocycles. The normalized spacial score (nSPS) is 11.3. The molecule has 0 aliphatic heterocycles. The molecule has 10 aromatic rings. The van der Waals surface area contributed by atoms with Gasteiger partial charge in [0, 0.05) is 16.5 Å². The maximum atomic E-state index is 5.27. The Labute approximate surface area is 314 Å². The van der Waals surface area contributed by atoms with E-state index in [0.717, 1.165) is 33.1 Å². The topological polar surface area (TPSA) is 25.8 Å². The molecule has 0 amide bonds. The SMILES string of the molecule is c1ccc(-c2ccc(-c3c4ccccc4c(-c4cccc(-c5ccccc5)c4)c4ccc(-c5nc(-c6ccccc6)c6ccccc6n5)cc34)cc2)cc1. The molecule has 0 atom stereocenters. The van der Waals surface area contributed by atoms with Crippen LogP contribution in [0.25, 0.3) is 99.6 Å². The first kappa shape index (κ1) is 31.6. The van der Waals surface area contributed by atoms with E-state index < -0.39 is 0 Å². The molecule has 0 N–H and O–H groups in total. The number of para-hydroxylation sites is 1. The lowest BCUT2D eigenvalue weighted by Gasteiger charge is -2.19. The van der Waals surface area contributed by atoms with Crippen molar-refractivity contribution in [3.05, 3.63) is 206 Å². The number of hydrogen-bond acceptors (Lipinski definition) is 2. The van der Waals surface area contributed by atoms with Crippen molar-refractivity contribution in [3.8, 4) is 67.2 Å². The molecule has 0 radical (unpaired) electrons. The summed E-state index contributed by atoms with van der Waals surface area (Å²) in [5, 5.41) is 5.82. The van der Waals surface area contributed by atoms with Crippen LogP contribution in [0, 0.1) is 0 Å². The molecule has 0 fully saturated rings. The fraction of sp³-hybridized carbons (Fsp3) is 0. The highest BCUT2D eigenvalue weighted by Gasteiger charge is 2.19. The average Bonchev–Trinajstić information content (AvgIpc) is 3.26. The minimum Gasteiger partial charge on any atom is -0.228 e. The molecular weight excluding hydrogens is 653 g/mol. The first-order valence-electron chi connectivity index (χ1n) is 18.4. The minimum atomic E-state index is 0.709. The van der Waals surface area contributed by atoms with Crippen molar-refractivity contribution in [1.29, 1.82) is 0 Å². The molecule has 9 aromatic carbocycles. The zero-order valence-electron chi connectivity index (χ0n) is 29.5. The molecule has 0 unspecified atom stereocenters. The highest BCUT2D eigenvalue weighted by Crippen LogP contribution is 2.45. The summed E-state index contributed by atoms with van der Waals surface area (Å²) >= 11 is 0. The molecule has 0 saturated carbocycles. The fourth-order valence-corrected chi connectivity index (χ4v) is 7.91. The number of rotatable bonds is 6. The second-order valence-corrected chi connectivity index (χ2v) is 13.7. The third kappa shape index (κ3) is 5.62. The lowest BCUT2D eigenvalue weighted by atomic mass is 9.84. The minimum absolute atomic E-state index is 0.709. The number of hydrogen-bond donors (Lipinski definition) is 0. The van der Waals surface area contributed by atoms with Gasteiger partial charge in [0.25, 0.3) is 0 Å². The van der Waals surface area contributed by atoms with Crippen molar-refractivity contribution in [2.75, 3.05) is 0 Å². The van der Waals surface area contributed by atoms with Gasteiger partial charge in [-0.2, -0.15) is 0 Å². The highest BCUT2D eigenvalue weighted by molar-refractivity contribution is 6.22. The van der Waals surface area contributed by atoms with E-state index >= 15 is 0 Å². The van der Waals surface area contributed by atoms with E-state index in [4.69, 9.17) is 9.97 Å². The largest absolute Gasteiger partial charge is 0.228 e. The van der Waals surface area contributed by atoms with E-state index in [0.29, 0.717) is 5.82 Å². The molecule has 2 heteroatoms. The Bertz CT molecular complexity index is 2950. The van der Waals surface area contributed by atoms with E-state index in [1.54, 1.807) is 0 Å². The van der Waals surface area contributed by atoms with Gasteiger partial charge in [-0.15, -0.1) is 0 Å². The van der Waals surface area contributed by atoms with Gasteiger partial charge in [-0.1, -0.05) is 188 Å². The Morgan fingerprint density at radius 3 is 1.39 bits per heavy atom. The summed E-state index contributed by atoms with van der Waals surface area (Å²) in [7, 11) is 0. The van der Waals surface area contributed by atoms with E-state index in [2.05, 4.69) is 194 Å². The van der Waals surface area contributed by atoms with E-state index in [1.807, 2.05) is 12.1 Å². The van der Waals surface area contributed by atoms with Crippen molar-refractivity contribution in [3.63, 3.8) is 0 Å². The van der Waals surface area contributed by atoms with Crippen LogP contribution in [0.4, 0.5) is 0 Å². The van der Waals surface area contributed by atoms with Gasteiger partial charge in [-0.25, -0.2) is 9.97 Å². The highest BCUT2D eigenvalue weighted by atomic mass is 14.9. The quantitative estimate of drug-likeness (QED) is 0.163. The van der Waals surface area contributed by atoms with E-state index in [-0.39, 0.29) is 0 Å². The van der Waals surface area contributed by atoms with Crippen LogP contribution in [0.3, 0.4) is 0 Å². The van der Waals surface area contributed by atoms with E-state index in [9.17, 15) is 0 Å². The van der Waals surface area contributed by atoms with Crippen molar-refractivity contribution in [2.24, 2.45) is 0 Å². The fourth-order valence-electron chi connectivity index (χ4n) is 7.91. The summed E-state index contributed by atoms with van der Waals surface area (Å²) in [5.74, 6) is 0.709. The number of aromatic nitrogens is 2. The molecular formula is C52H34N2. The maximum Gasteiger partial charge on any atom is 0.160 e. The molecule has 2 nitrogen and oxygen atoms in total. The van der Waals surface area contributed by atoms with Crippen LogP contribution >= 0.6 is 0 Å². The van der Waals surface area contributed by atoms with Crippen LogP contribution in [0.1, 0.15) is 0 Å². The Morgan fingerprint density at radius 1 is 0.241 bits per heavy atom. The zero-order valence-corrected chi connectivity index (χ0v) is 29.5. The van der Waals surface area contributed by atoms with Gasteiger partial charge in [0.05, 0.1) is 11.2 Å². The number of fused-ring (bicyclic) bond motifs is 3.